The molecule has 51 heavy (non-hydrogen) atoms. The molecule has 1 saturated heterocycles. The first-order valence-corrected chi connectivity index (χ1v) is 16.8. The number of hydrogen-bond donors (Lipinski definition) is 2. The lowest BCUT2D eigenvalue weighted by Gasteiger charge is -2.36. The number of nitrogens with one attached hydrogen (secondary N) is 2. The van der Waals surface area contributed by atoms with Gasteiger partial charge in [-0.25, -0.2) is 14.6 Å². The number of nitrogens with zero attached hydrogens (tertiary/aromatic N) is 7. The van der Waals surface area contributed by atoms with Gasteiger partial charge >= 0.3 is 6.18 Å². The van der Waals surface area contributed by atoms with Crippen molar-refractivity contribution in [2.45, 2.75) is 25.9 Å². The van der Waals surface area contributed by atoms with E-state index in [0.717, 1.165) is 30.3 Å². The molecule has 4 heterocycles. The Hall–Kier alpha value is -4.96. The number of amides is 3. The number of pyridine rings is 1. The van der Waals surface area contributed by atoms with Crippen molar-refractivity contribution in [2.75, 3.05) is 59.2 Å². The predicted octanol–water partition coefficient (Wildman–Crippen LogP) is 3.45. The smallest absolute Gasteiger partial charge is 0.435 e. The summed E-state index contributed by atoms with van der Waals surface area (Å²) in [6, 6.07) is 7.42. The first-order chi connectivity index (χ1) is 24.2. The Balaban J connectivity index is 1.26. The van der Waals surface area contributed by atoms with Crippen molar-refractivity contribution in [3.63, 3.8) is 0 Å². The third-order valence-electron chi connectivity index (χ3n) is 8.81. The van der Waals surface area contributed by atoms with Crippen molar-refractivity contribution in [3.8, 4) is 22.8 Å². The van der Waals surface area contributed by atoms with E-state index in [-0.39, 0.29) is 56.9 Å². The number of alkyl halides is 3. The van der Waals surface area contributed by atoms with Gasteiger partial charge < -0.3 is 29.3 Å². The van der Waals surface area contributed by atoms with Crippen LogP contribution < -0.4 is 15.0 Å². The minimum Gasteiger partial charge on any atom is -0.495 e. The molecular weight excluding hydrogens is 691 g/mol. The van der Waals surface area contributed by atoms with Gasteiger partial charge in [0.05, 0.1) is 62.0 Å². The number of carbonyl (C=O) groups is 3. The summed E-state index contributed by atoms with van der Waals surface area (Å²) in [5, 5.41) is 6.48. The fraction of sp³-hybridized carbons (Fsp3) is 0.412. The largest absolute Gasteiger partial charge is 0.495 e. The summed E-state index contributed by atoms with van der Waals surface area (Å²) < 4.78 is 49.5. The summed E-state index contributed by atoms with van der Waals surface area (Å²) in [4.78, 5) is 52.6. The molecule has 17 heteroatoms. The van der Waals surface area contributed by atoms with Crippen LogP contribution >= 0.6 is 11.6 Å². The normalized spacial score (nSPS) is 14.2. The lowest BCUT2D eigenvalue weighted by molar-refractivity contribution is -0.858. The Morgan fingerprint density at radius 3 is 2.33 bits per heavy atom. The third-order valence-corrected chi connectivity index (χ3v) is 9.12. The van der Waals surface area contributed by atoms with Crippen LogP contribution in [0.25, 0.3) is 17.1 Å². The maximum absolute atomic E-state index is 14.1. The van der Waals surface area contributed by atoms with Gasteiger partial charge in [0.1, 0.15) is 5.75 Å². The average Bonchev–Trinajstić information content (AvgIpc) is 3.72. The van der Waals surface area contributed by atoms with Gasteiger partial charge in [0.25, 0.3) is 11.8 Å². The van der Waals surface area contributed by atoms with E-state index >= 15 is 0 Å². The molecule has 13 nitrogen and oxygen atoms in total. The molecule has 0 radical (unpaired) electrons. The molecule has 0 aliphatic carbocycles. The number of benzene rings is 1. The zero-order valence-electron chi connectivity index (χ0n) is 28.9. The first-order valence-electron chi connectivity index (χ1n) is 16.4. The second-order valence-electron chi connectivity index (χ2n) is 12.5. The molecule has 272 valence electrons. The number of methoxy groups -OCH3 is 1. The van der Waals surface area contributed by atoms with Gasteiger partial charge in [0.2, 0.25) is 5.91 Å². The average molecular weight is 731 g/mol. The van der Waals surface area contributed by atoms with E-state index < -0.39 is 17.8 Å². The summed E-state index contributed by atoms with van der Waals surface area (Å²) in [6.07, 6.45) is 0.433. The Bertz CT molecular complexity index is 1880. The number of aromatic nitrogens is 5. The molecule has 1 aliphatic rings. The minimum absolute atomic E-state index is 0.00668. The lowest BCUT2D eigenvalue weighted by atomic mass is 10.00. The zero-order chi connectivity index (χ0) is 37.0. The molecule has 0 saturated carbocycles. The van der Waals surface area contributed by atoms with Crippen molar-refractivity contribution in [3.05, 3.63) is 71.0 Å². The second-order valence-corrected chi connectivity index (χ2v) is 12.9. The van der Waals surface area contributed by atoms with Crippen molar-refractivity contribution < 1.29 is 37.2 Å². The van der Waals surface area contributed by atoms with E-state index in [1.54, 1.807) is 11.0 Å². The highest BCUT2D eigenvalue weighted by atomic mass is 35.5. The molecule has 3 aromatic heterocycles. The van der Waals surface area contributed by atoms with E-state index in [2.05, 4.69) is 34.5 Å². The molecule has 1 aromatic carbocycles. The summed E-state index contributed by atoms with van der Waals surface area (Å²) in [5.74, 6) is -0.568. The first kappa shape index (κ1) is 37.3. The molecule has 1 aliphatic heterocycles. The van der Waals surface area contributed by atoms with E-state index in [4.69, 9.17) is 16.3 Å². The van der Waals surface area contributed by atoms with Crippen molar-refractivity contribution in [1.82, 2.24) is 34.1 Å². The van der Waals surface area contributed by atoms with Gasteiger partial charge in [-0.1, -0.05) is 18.5 Å². The zero-order valence-corrected chi connectivity index (χ0v) is 29.7. The number of hydrogen-bond acceptors (Lipinski definition) is 7. The lowest BCUT2D eigenvalue weighted by Crippen LogP contribution is -3.05. The summed E-state index contributed by atoms with van der Waals surface area (Å²) in [6.45, 7) is 4.50. The molecule has 1 fully saturated rings. The second kappa shape index (κ2) is 15.5. The fourth-order valence-corrected chi connectivity index (χ4v) is 6.13. The van der Waals surface area contributed by atoms with Gasteiger partial charge in [0, 0.05) is 57.4 Å². The van der Waals surface area contributed by atoms with Crippen molar-refractivity contribution in [1.29, 1.82) is 0 Å². The van der Waals surface area contributed by atoms with Crippen LogP contribution in [0.15, 0.2) is 48.9 Å². The summed E-state index contributed by atoms with van der Waals surface area (Å²) in [7, 11) is 6.97. The molecule has 0 bridgehead atoms. The Kier molecular flexibility index (Phi) is 11.3. The van der Waals surface area contributed by atoms with Gasteiger partial charge in [-0.2, -0.15) is 18.3 Å². The van der Waals surface area contributed by atoms with Gasteiger partial charge in [0.15, 0.2) is 17.3 Å². The molecule has 2 N–H and O–H groups in total. The highest BCUT2D eigenvalue weighted by molar-refractivity contribution is 6.34. The van der Waals surface area contributed by atoms with Crippen LogP contribution in [0, 0.1) is 5.92 Å². The fourth-order valence-electron chi connectivity index (χ4n) is 5.86. The Labute approximate surface area is 297 Å². The van der Waals surface area contributed by atoms with E-state index in [9.17, 15) is 27.6 Å². The van der Waals surface area contributed by atoms with Gasteiger partial charge in [-0.05, 0) is 36.8 Å². The third kappa shape index (κ3) is 8.34. The highest BCUT2D eigenvalue weighted by Crippen LogP contribution is 2.37. The molecular formula is C34H40ClF3N9O4+. The predicted molar refractivity (Wildman–Crippen MR) is 183 cm³/mol. The van der Waals surface area contributed by atoms with Crippen LogP contribution in [0.3, 0.4) is 0 Å². The number of halogens is 4. The maximum Gasteiger partial charge on any atom is 0.435 e. The molecule has 5 rings (SSSR count). The monoisotopic (exact) mass is 730 g/mol. The molecule has 3 amide bonds. The number of carbonyl (C=O) groups excluding carboxylic acids is 3. The summed E-state index contributed by atoms with van der Waals surface area (Å²) in [5.41, 5.74) is -1.01. The molecule has 1 atom stereocenters. The van der Waals surface area contributed by atoms with Gasteiger partial charge in [-0.15, -0.1) is 0 Å². The van der Waals surface area contributed by atoms with Crippen molar-refractivity contribution in [2.24, 2.45) is 13.0 Å². The standard InChI is InChI=1S/C34H39ClF3N9O4/c1-6-21(11-12-43(2)3)32(49)45-13-15-46(16-14-45)33(50)24-9-7-22(17-26(24)35)41-31(48)30-40-19-27(44(30)4)25-20-47(42-29(25)34(36,37)38)28-10-8-23(51-5)18-39-28/h7-10,17-21H,6,11-16H2,1-5H3,(H,41,48)/p+1. The highest BCUT2D eigenvalue weighted by Gasteiger charge is 2.39. The quantitative estimate of drug-likeness (QED) is 0.242. The SMILES string of the molecule is CCC(CC[NH+](C)C)C(=O)N1CCN(C(=O)c2ccc(NC(=O)c3ncc(-c4cn(-c5ccc(OC)cn5)nc4C(F)(F)F)n3C)cc2Cl)CC1. The number of piperazine rings is 1. The van der Waals surface area contributed by atoms with Crippen LogP contribution in [0.5, 0.6) is 5.75 Å². The number of anilines is 1. The molecule has 0 spiro atoms. The Morgan fingerprint density at radius 2 is 1.75 bits per heavy atom. The number of ether oxygens (including phenoxy) is 1. The maximum atomic E-state index is 14.1. The van der Waals surface area contributed by atoms with Crippen LogP contribution in [0.4, 0.5) is 18.9 Å². The Morgan fingerprint density at radius 1 is 1.04 bits per heavy atom. The number of rotatable bonds is 11. The van der Waals surface area contributed by atoms with E-state index in [0.29, 0.717) is 31.9 Å². The number of quaternary nitrogens is 1. The van der Waals surface area contributed by atoms with Crippen LogP contribution in [-0.2, 0) is 18.0 Å². The van der Waals surface area contributed by atoms with E-state index in [1.165, 1.54) is 60.3 Å². The van der Waals surface area contributed by atoms with E-state index in [1.807, 2.05) is 11.8 Å². The number of imidazole rings is 1. The van der Waals surface area contributed by atoms with Crippen LogP contribution in [-0.4, -0.2) is 106 Å². The molecule has 4 aromatic rings. The van der Waals surface area contributed by atoms with Crippen LogP contribution in [0.1, 0.15) is 46.4 Å². The topological polar surface area (TPSA) is 132 Å². The van der Waals surface area contributed by atoms with Crippen molar-refractivity contribution >= 4 is 35.0 Å². The molecule has 1 unspecified atom stereocenters. The van der Waals surface area contributed by atoms with Gasteiger partial charge in [-0.3, -0.25) is 14.4 Å². The minimum atomic E-state index is -4.81. The summed E-state index contributed by atoms with van der Waals surface area (Å²) >= 11 is 6.50. The van der Waals surface area contributed by atoms with Crippen LogP contribution in [0.2, 0.25) is 5.02 Å².